The van der Waals surface area contributed by atoms with E-state index in [-0.39, 0.29) is 11.0 Å². The summed E-state index contributed by atoms with van der Waals surface area (Å²) in [5, 5.41) is 7.26. The van der Waals surface area contributed by atoms with Crippen LogP contribution in [0.5, 0.6) is 0 Å². The van der Waals surface area contributed by atoms with E-state index < -0.39 is 0 Å². The molecule has 4 rings (SSSR count). The number of nitrogens with two attached hydrogens (primary N) is 1. The highest BCUT2D eigenvalue weighted by atomic mass is 32.2. The molecule has 0 saturated carbocycles. The van der Waals surface area contributed by atoms with Gasteiger partial charge < -0.3 is 5.73 Å². The van der Waals surface area contributed by atoms with E-state index in [1.54, 1.807) is 0 Å². The molecule has 3 aromatic rings. The maximum atomic E-state index is 13.0. The van der Waals surface area contributed by atoms with Crippen LogP contribution in [0.1, 0.15) is 28.4 Å². The number of aliphatic imine (C=N–C) groups is 1. The van der Waals surface area contributed by atoms with E-state index in [0.29, 0.717) is 10.5 Å². The van der Waals surface area contributed by atoms with Gasteiger partial charge in [-0.3, -0.25) is 10.2 Å². The molecular formula is C26H21N3OS. The van der Waals surface area contributed by atoms with Crippen molar-refractivity contribution < 1.29 is 4.79 Å². The fourth-order valence-electron chi connectivity index (χ4n) is 3.61. The van der Waals surface area contributed by atoms with Gasteiger partial charge in [0.1, 0.15) is 6.34 Å². The number of carbonyl (C=O) groups is 1. The van der Waals surface area contributed by atoms with Gasteiger partial charge in [0.25, 0.3) is 0 Å². The number of fused-ring (bicyclic) bond motifs is 1. The second kappa shape index (κ2) is 8.98. The van der Waals surface area contributed by atoms with Crippen LogP contribution in [0.4, 0.5) is 0 Å². The van der Waals surface area contributed by atoms with Crippen LogP contribution in [0.15, 0.2) is 94.8 Å². The van der Waals surface area contributed by atoms with Crippen molar-refractivity contribution in [3.8, 4) is 11.1 Å². The minimum Gasteiger partial charge on any atom is -0.378 e. The third kappa shape index (κ3) is 4.27. The van der Waals surface area contributed by atoms with Crippen molar-refractivity contribution in [2.45, 2.75) is 6.92 Å². The Balaban J connectivity index is 1.79. The highest BCUT2D eigenvalue weighted by Gasteiger charge is 2.25. The molecule has 4 nitrogen and oxygen atoms in total. The van der Waals surface area contributed by atoms with Crippen LogP contribution in [-0.2, 0) is 0 Å². The van der Waals surface area contributed by atoms with Crippen molar-refractivity contribution in [1.29, 1.82) is 5.41 Å². The zero-order valence-corrected chi connectivity index (χ0v) is 17.8. The molecule has 3 aromatic carbocycles. The SMILES string of the molecule is CC(=C1C=C(SC(N)=NC=N)C(=O)c2ccccc21)c1ccc(-c2ccccc2)cc1. The molecule has 0 bridgehead atoms. The first kappa shape index (κ1) is 20.6. The zero-order valence-electron chi connectivity index (χ0n) is 17.0. The van der Waals surface area contributed by atoms with E-state index in [1.165, 1.54) is 5.56 Å². The Hall–Kier alpha value is -3.70. The first-order valence-corrected chi connectivity index (χ1v) is 10.6. The number of benzene rings is 3. The second-order valence-corrected chi connectivity index (χ2v) is 8.13. The normalized spacial score (nSPS) is 15.2. The van der Waals surface area contributed by atoms with Crippen molar-refractivity contribution in [3.63, 3.8) is 0 Å². The summed E-state index contributed by atoms with van der Waals surface area (Å²) in [6.45, 7) is 2.06. The molecule has 0 aliphatic heterocycles. The predicted molar refractivity (Wildman–Crippen MR) is 131 cm³/mol. The highest BCUT2D eigenvalue weighted by molar-refractivity contribution is 8.17. The topological polar surface area (TPSA) is 79.3 Å². The monoisotopic (exact) mass is 423 g/mol. The van der Waals surface area contributed by atoms with Gasteiger partial charge in [0.15, 0.2) is 11.0 Å². The van der Waals surface area contributed by atoms with Gasteiger partial charge in [-0.15, -0.1) is 0 Å². The summed E-state index contributed by atoms with van der Waals surface area (Å²) in [4.78, 5) is 17.2. The maximum Gasteiger partial charge on any atom is 0.200 e. The number of hydrogen-bond donors (Lipinski definition) is 2. The van der Waals surface area contributed by atoms with Crippen LogP contribution in [-0.4, -0.2) is 17.3 Å². The molecule has 0 spiro atoms. The summed E-state index contributed by atoms with van der Waals surface area (Å²) in [5.74, 6) is -0.0836. The fourth-order valence-corrected chi connectivity index (χ4v) is 4.32. The molecule has 5 heteroatoms. The number of nitrogens with one attached hydrogen (secondary N) is 1. The third-order valence-corrected chi connectivity index (χ3v) is 6.03. The molecular weight excluding hydrogens is 402 g/mol. The number of rotatable bonds is 4. The number of amidine groups is 1. The quantitative estimate of drug-likeness (QED) is 0.398. The molecule has 0 fully saturated rings. The minimum absolute atomic E-state index is 0.0836. The van der Waals surface area contributed by atoms with Gasteiger partial charge in [-0.25, -0.2) is 4.99 Å². The van der Waals surface area contributed by atoms with E-state index in [0.717, 1.165) is 45.9 Å². The summed E-state index contributed by atoms with van der Waals surface area (Å²) in [5.41, 5.74) is 12.9. The Morgan fingerprint density at radius 3 is 2.19 bits per heavy atom. The Morgan fingerprint density at radius 2 is 1.52 bits per heavy atom. The van der Waals surface area contributed by atoms with Crippen LogP contribution in [0, 0.1) is 5.41 Å². The molecule has 0 heterocycles. The lowest BCUT2D eigenvalue weighted by molar-refractivity contribution is 0.104. The van der Waals surface area contributed by atoms with Gasteiger partial charge in [-0.2, -0.15) is 0 Å². The summed E-state index contributed by atoms with van der Waals surface area (Å²) < 4.78 is 0. The summed E-state index contributed by atoms with van der Waals surface area (Å²) in [6, 6.07) is 26.3. The average Bonchev–Trinajstić information content (AvgIpc) is 2.81. The minimum atomic E-state index is -0.0836. The van der Waals surface area contributed by atoms with Crippen LogP contribution in [0.3, 0.4) is 0 Å². The lowest BCUT2D eigenvalue weighted by Crippen LogP contribution is -2.15. The third-order valence-electron chi connectivity index (χ3n) is 5.20. The Morgan fingerprint density at radius 1 is 0.903 bits per heavy atom. The number of Topliss-reactive ketones (excluding diaryl/α,β-unsaturated/α-hetero) is 1. The Kier molecular flexibility index (Phi) is 5.96. The van der Waals surface area contributed by atoms with Crippen molar-refractivity contribution in [3.05, 3.63) is 107 Å². The predicted octanol–water partition coefficient (Wildman–Crippen LogP) is 6.02. The number of ketones is 1. The standard InChI is InChI=1S/C26H21N3OS/c1-17(18-11-13-20(14-12-18)19-7-3-2-4-8-19)23-15-24(31-26(28)29-16-27)25(30)22-10-6-5-9-21(22)23/h2-16H,1H3,(H3,27,28,29). The van der Waals surface area contributed by atoms with Gasteiger partial charge in [0.05, 0.1) is 4.91 Å². The highest BCUT2D eigenvalue weighted by Crippen LogP contribution is 2.38. The Bertz CT molecular complexity index is 1240. The number of allylic oxidation sites excluding steroid dienone is 4. The summed E-state index contributed by atoms with van der Waals surface area (Å²) in [6.07, 6.45) is 2.75. The number of hydrogen-bond acceptors (Lipinski definition) is 3. The van der Waals surface area contributed by atoms with Crippen LogP contribution < -0.4 is 5.73 Å². The van der Waals surface area contributed by atoms with Crippen molar-refractivity contribution in [2.75, 3.05) is 0 Å². The van der Waals surface area contributed by atoms with Crippen molar-refractivity contribution >= 4 is 40.2 Å². The molecule has 0 radical (unpaired) electrons. The zero-order chi connectivity index (χ0) is 21.8. The first-order valence-electron chi connectivity index (χ1n) is 9.81. The second-order valence-electron chi connectivity index (χ2n) is 7.06. The number of thioether (sulfide) groups is 1. The van der Waals surface area contributed by atoms with Gasteiger partial charge in [-0.05, 0) is 58.2 Å². The fraction of sp³-hybridized carbons (Fsp3) is 0.0385. The van der Waals surface area contributed by atoms with E-state index >= 15 is 0 Å². The van der Waals surface area contributed by atoms with Gasteiger partial charge >= 0.3 is 0 Å². The van der Waals surface area contributed by atoms with Crippen molar-refractivity contribution in [1.82, 2.24) is 0 Å². The van der Waals surface area contributed by atoms with Gasteiger partial charge in [0.2, 0.25) is 0 Å². The van der Waals surface area contributed by atoms with Gasteiger partial charge in [-0.1, -0.05) is 78.9 Å². The van der Waals surface area contributed by atoms with E-state index in [2.05, 4.69) is 48.3 Å². The molecule has 3 N–H and O–H groups in total. The molecule has 152 valence electrons. The Labute approximate surface area is 185 Å². The van der Waals surface area contributed by atoms with Gasteiger partial charge in [0, 0.05) is 5.56 Å². The molecule has 1 aliphatic rings. The molecule has 31 heavy (non-hydrogen) atoms. The van der Waals surface area contributed by atoms with E-state index in [9.17, 15) is 4.79 Å². The number of nitrogens with zero attached hydrogens (tertiary/aromatic N) is 1. The summed E-state index contributed by atoms with van der Waals surface area (Å²) in [7, 11) is 0. The first-order chi connectivity index (χ1) is 15.1. The number of carbonyl (C=O) groups excluding carboxylic acids is 1. The molecule has 1 aliphatic carbocycles. The molecule has 0 saturated heterocycles. The van der Waals surface area contributed by atoms with Crippen LogP contribution >= 0.6 is 11.8 Å². The average molecular weight is 424 g/mol. The van der Waals surface area contributed by atoms with E-state index in [1.807, 2.05) is 48.5 Å². The maximum absolute atomic E-state index is 13.0. The smallest absolute Gasteiger partial charge is 0.200 e. The van der Waals surface area contributed by atoms with Crippen molar-refractivity contribution in [2.24, 2.45) is 10.7 Å². The lowest BCUT2D eigenvalue weighted by Gasteiger charge is -2.20. The molecule has 0 aromatic heterocycles. The lowest BCUT2D eigenvalue weighted by atomic mass is 9.87. The largest absolute Gasteiger partial charge is 0.378 e. The molecule has 0 atom stereocenters. The molecule has 0 unspecified atom stereocenters. The molecule has 0 amide bonds. The van der Waals surface area contributed by atoms with Crippen LogP contribution in [0.2, 0.25) is 0 Å². The van der Waals surface area contributed by atoms with Crippen LogP contribution in [0.25, 0.3) is 22.3 Å². The van der Waals surface area contributed by atoms with E-state index in [4.69, 9.17) is 11.1 Å². The summed E-state index contributed by atoms with van der Waals surface area (Å²) >= 11 is 1.09.